The standard InChI is InChI=1S/C62H40N2OS/c1-62(52-19-7-2-14-44(52)45-15-3-8-20-53(45)62)54-21-9-11-23-57(54)63(43-32-34-50-49-18-6-13-25-60(49)66-61(50)38-43)41-29-26-39(27-30-41)40-28-35-56-51(36-40)46-16-4-10-22-55(46)64(56)42-31-33-48-47-17-5-12-24-58(47)65-59(48)37-42/h2-38H,1H3. The molecule has 3 aromatic heterocycles. The van der Waals surface area contributed by atoms with Gasteiger partial charge in [0.15, 0.2) is 0 Å². The van der Waals surface area contributed by atoms with E-state index in [1.165, 1.54) is 75.4 Å². The molecule has 3 heterocycles. The Kier molecular flexibility index (Phi) is 7.98. The van der Waals surface area contributed by atoms with E-state index in [-0.39, 0.29) is 5.41 Å². The summed E-state index contributed by atoms with van der Waals surface area (Å²) in [6, 6.07) is 82.4. The Bertz CT molecular complexity index is 4050. The number of furan rings is 1. The van der Waals surface area contributed by atoms with E-state index in [4.69, 9.17) is 4.42 Å². The number of nitrogens with zero attached hydrogens (tertiary/aromatic N) is 2. The van der Waals surface area contributed by atoms with Gasteiger partial charge in [0.1, 0.15) is 11.2 Å². The van der Waals surface area contributed by atoms with Crippen LogP contribution in [-0.2, 0) is 5.41 Å². The number of para-hydroxylation sites is 3. The molecule has 0 N–H and O–H groups in total. The van der Waals surface area contributed by atoms with Crippen molar-refractivity contribution in [3.63, 3.8) is 0 Å². The molecule has 14 rings (SSSR count). The zero-order valence-electron chi connectivity index (χ0n) is 36.1. The number of benzene rings is 10. The molecule has 4 heteroatoms. The summed E-state index contributed by atoms with van der Waals surface area (Å²) in [4.78, 5) is 2.48. The van der Waals surface area contributed by atoms with Crippen molar-refractivity contribution in [2.45, 2.75) is 12.3 Å². The molecule has 0 spiro atoms. The largest absolute Gasteiger partial charge is 0.456 e. The number of rotatable bonds is 6. The van der Waals surface area contributed by atoms with Crippen molar-refractivity contribution in [3.05, 3.63) is 241 Å². The molecule has 66 heavy (non-hydrogen) atoms. The first kappa shape index (κ1) is 37.2. The molecule has 3 nitrogen and oxygen atoms in total. The molecule has 0 bridgehead atoms. The van der Waals surface area contributed by atoms with E-state index in [1.807, 2.05) is 23.5 Å². The molecule has 0 unspecified atom stereocenters. The lowest BCUT2D eigenvalue weighted by Crippen LogP contribution is -2.25. The molecule has 0 saturated carbocycles. The molecule has 1 aliphatic carbocycles. The predicted molar refractivity (Wildman–Crippen MR) is 279 cm³/mol. The molecule has 0 atom stereocenters. The molecule has 0 amide bonds. The Hall–Kier alpha value is -8.18. The van der Waals surface area contributed by atoms with Crippen LogP contribution in [0, 0.1) is 0 Å². The van der Waals surface area contributed by atoms with Gasteiger partial charge in [-0.1, -0.05) is 146 Å². The molecule has 0 aliphatic heterocycles. The van der Waals surface area contributed by atoms with Crippen molar-refractivity contribution in [3.8, 4) is 27.9 Å². The van der Waals surface area contributed by atoms with Gasteiger partial charge in [0, 0.05) is 70.3 Å². The van der Waals surface area contributed by atoms with Gasteiger partial charge >= 0.3 is 0 Å². The maximum Gasteiger partial charge on any atom is 0.137 e. The van der Waals surface area contributed by atoms with E-state index >= 15 is 0 Å². The predicted octanol–water partition coefficient (Wildman–Crippen LogP) is 17.5. The third kappa shape index (κ3) is 5.37. The van der Waals surface area contributed by atoms with Crippen LogP contribution < -0.4 is 4.90 Å². The van der Waals surface area contributed by atoms with E-state index in [0.717, 1.165) is 50.2 Å². The number of hydrogen-bond acceptors (Lipinski definition) is 3. The quantitative estimate of drug-likeness (QED) is 0.166. The zero-order chi connectivity index (χ0) is 43.5. The minimum atomic E-state index is -0.379. The number of fused-ring (bicyclic) bond motifs is 12. The fourth-order valence-electron chi connectivity index (χ4n) is 11.2. The van der Waals surface area contributed by atoms with E-state index in [9.17, 15) is 0 Å². The lowest BCUT2D eigenvalue weighted by molar-refractivity contribution is 0.668. The third-order valence-electron chi connectivity index (χ3n) is 14.3. The van der Waals surface area contributed by atoms with Crippen LogP contribution >= 0.6 is 11.3 Å². The zero-order valence-corrected chi connectivity index (χ0v) is 36.9. The van der Waals surface area contributed by atoms with Crippen molar-refractivity contribution in [2.24, 2.45) is 0 Å². The van der Waals surface area contributed by atoms with Crippen LogP contribution in [0.4, 0.5) is 17.1 Å². The minimum Gasteiger partial charge on any atom is -0.456 e. The maximum atomic E-state index is 6.36. The Morgan fingerprint density at radius 1 is 0.409 bits per heavy atom. The van der Waals surface area contributed by atoms with Crippen LogP contribution in [0.2, 0.25) is 0 Å². The molecular weight excluding hydrogens is 821 g/mol. The van der Waals surface area contributed by atoms with Crippen LogP contribution in [0.3, 0.4) is 0 Å². The molecule has 0 radical (unpaired) electrons. The van der Waals surface area contributed by atoms with Crippen molar-refractivity contribution < 1.29 is 4.42 Å². The van der Waals surface area contributed by atoms with Gasteiger partial charge in [0.25, 0.3) is 0 Å². The Balaban J connectivity index is 0.913. The number of thiophene rings is 1. The molecule has 0 fully saturated rings. The first-order chi connectivity index (χ1) is 32.6. The van der Waals surface area contributed by atoms with Crippen LogP contribution in [0.25, 0.3) is 91.9 Å². The van der Waals surface area contributed by atoms with Gasteiger partial charge in [-0.25, -0.2) is 0 Å². The summed E-state index contributed by atoms with van der Waals surface area (Å²) in [6.07, 6.45) is 0. The van der Waals surface area contributed by atoms with Gasteiger partial charge in [-0.15, -0.1) is 11.3 Å². The summed E-state index contributed by atoms with van der Waals surface area (Å²) in [5.74, 6) is 0. The first-order valence-corrected chi connectivity index (χ1v) is 23.5. The lowest BCUT2D eigenvalue weighted by Gasteiger charge is -2.35. The Morgan fingerprint density at radius 2 is 1.00 bits per heavy atom. The van der Waals surface area contributed by atoms with E-state index in [0.29, 0.717) is 0 Å². The summed E-state index contributed by atoms with van der Waals surface area (Å²) >= 11 is 1.86. The van der Waals surface area contributed by atoms with E-state index in [1.54, 1.807) is 0 Å². The topological polar surface area (TPSA) is 21.3 Å². The monoisotopic (exact) mass is 860 g/mol. The van der Waals surface area contributed by atoms with Gasteiger partial charge in [0.05, 0.1) is 16.7 Å². The van der Waals surface area contributed by atoms with Gasteiger partial charge < -0.3 is 13.9 Å². The second-order valence-electron chi connectivity index (χ2n) is 17.8. The first-order valence-electron chi connectivity index (χ1n) is 22.7. The Labute approximate surface area is 385 Å². The van der Waals surface area contributed by atoms with Gasteiger partial charge in [-0.2, -0.15) is 0 Å². The van der Waals surface area contributed by atoms with Crippen LogP contribution in [0.1, 0.15) is 23.6 Å². The highest BCUT2D eigenvalue weighted by Gasteiger charge is 2.42. The highest BCUT2D eigenvalue weighted by atomic mass is 32.1. The highest BCUT2D eigenvalue weighted by Crippen LogP contribution is 2.55. The summed E-state index contributed by atoms with van der Waals surface area (Å²) in [5, 5.41) is 7.31. The molecule has 13 aromatic rings. The SMILES string of the molecule is CC1(c2ccccc2N(c2ccc(-c3ccc4c(c3)c3ccccc3n4-c3ccc4c(c3)oc3ccccc34)cc2)c2ccc3c(c2)sc2ccccc23)c2ccccc2-c2ccccc21. The van der Waals surface area contributed by atoms with Crippen LogP contribution in [0.15, 0.2) is 229 Å². The van der Waals surface area contributed by atoms with Crippen molar-refractivity contribution in [1.29, 1.82) is 0 Å². The third-order valence-corrected chi connectivity index (χ3v) is 15.4. The smallest absolute Gasteiger partial charge is 0.137 e. The van der Waals surface area contributed by atoms with Crippen LogP contribution in [-0.4, -0.2) is 4.57 Å². The average Bonchev–Trinajstić information content (AvgIpc) is 4.11. The lowest BCUT2D eigenvalue weighted by atomic mass is 9.73. The van der Waals surface area contributed by atoms with Crippen LogP contribution in [0.5, 0.6) is 0 Å². The second-order valence-corrected chi connectivity index (χ2v) is 18.8. The Morgan fingerprint density at radius 3 is 1.82 bits per heavy atom. The normalized spacial score (nSPS) is 13.0. The molecular formula is C62H40N2OS. The summed E-state index contributed by atoms with van der Waals surface area (Å²) < 4.78 is 11.3. The summed E-state index contributed by atoms with van der Waals surface area (Å²) in [6.45, 7) is 2.41. The fourth-order valence-corrected chi connectivity index (χ4v) is 12.3. The number of hydrogen-bond donors (Lipinski definition) is 0. The molecule has 1 aliphatic rings. The molecule has 310 valence electrons. The fraction of sp³-hybridized carbons (Fsp3) is 0.0323. The van der Waals surface area contributed by atoms with Crippen molar-refractivity contribution in [2.75, 3.05) is 4.90 Å². The van der Waals surface area contributed by atoms with Gasteiger partial charge in [-0.05, 0) is 119 Å². The maximum absolute atomic E-state index is 6.36. The average molecular weight is 861 g/mol. The summed E-state index contributed by atoms with van der Waals surface area (Å²) in [5.41, 5.74) is 17.1. The van der Waals surface area contributed by atoms with E-state index < -0.39 is 0 Å². The molecule has 10 aromatic carbocycles. The van der Waals surface area contributed by atoms with E-state index in [2.05, 4.69) is 229 Å². The van der Waals surface area contributed by atoms with Crippen molar-refractivity contribution >= 4 is 92.3 Å². The number of anilines is 3. The molecule has 0 saturated heterocycles. The summed E-state index contributed by atoms with van der Waals surface area (Å²) in [7, 11) is 0. The van der Waals surface area contributed by atoms with Gasteiger partial charge in [0.2, 0.25) is 0 Å². The minimum absolute atomic E-state index is 0.379. The highest BCUT2D eigenvalue weighted by molar-refractivity contribution is 7.25. The van der Waals surface area contributed by atoms with Gasteiger partial charge in [-0.3, -0.25) is 0 Å². The second kappa shape index (κ2) is 14.2. The van der Waals surface area contributed by atoms with Crippen molar-refractivity contribution in [1.82, 2.24) is 4.57 Å². The number of aromatic nitrogens is 1.